The van der Waals surface area contributed by atoms with Gasteiger partial charge in [-0.3, -0.25) is 9.63 Å². The molecule has 0 bridgehead atoms. The molecule has 1 amide bonds. The van der Waals surface area contributed by atoms with Crippen molar-refractivity contribution in [1.82, 2.24) is 5.48 Å². The number of hydrogen-bond acceptors (Lipinski definition) is 4. The molecule has 0 aromatic heterocycles. The van der Waals surface area contributed by atoms with E-state index in [2.05, 4.69) is 5.48 Å². The van der Waals surface area contributed by atoms with Crippen LogP contribution >= 0.6 is 0 Å². The van der Waals surface area contributed by atoms with Crippen LogP contribution in [-0.2, 0) is 26.1 Å². The Hall–Kier alpha value is -1.40. The highest BCUT2D eigenvalue weighted by molar-refractivity contribution is 7.92. The van der Waals surface area contributed by atoms with Gasteiger partial charge < -0.3 is 0 Å². The lowest BCUT2D eigenvalue weighted by atomic mass is 10.2. The maximum Gasteiger partial charge on any atom is 0.261 e. The van der Waals surface area contributed by atoms with E-state index in [1.165, 1.54) is 6.92 Å². The van der Waals surface area contributed by atoms with Crippen molar-refractivity contribution in [2.24, 2.45) is 0 Å². The standard InChI is InChI=1S/C11H15NO4S/c1-9(17(2,14)15)11(13)12-16-8-10-6-4-3-5-7-10/h3-7,9H,8H2,1-2H3,(H,12,13). The highest BCUT2D eigenvalue weighted by Crippen LogP contribution is 2.01. The summed E-state index contributed by atoms with van der Waals surface area (Å²) >= 11 is 0. The highest BCUT2D eigenvalue weighted by atomic mass is 32.2. The van der Waals surface area contributed by atoms with E-state index in [4.69, 9.17) is 4.84 Å². The van der Waals surface area contributed by atoms with Gasteiger partial charge in [0.25, 0.3) is 5.91 Å². The number of amides is 1. The van der Waals surface area contributed by atoms with Crippen molar-refractivity contribution in [2.75, 3.05) is 6.26 Å². The van der Waals surface area contributed by atoms with Gasteiger partial charge in [-0.05, 0) is 12.5 Å². The molecule has 0 saturated carbocycles. The molecule has 17 heavy (non-hydrogen) atoms. The van der Waals surface area contributed by atoms with E-state index < -0.39 is 21.0 Å². The second kappa shape index (κ2) is 5.79. The molecule has 0 aliphatic rings. The van der Waals surface area contributed by atoms with E-state index in [1.54, 1.807) is 0 Å². The molecule has 6 heteroatoms. The summed E-state index contributed by atoms with van der Waals surface area (Å²) in [6.45, 7) is 1.51. The maximum atomic E-state index is 11.4. The summed E-state index contributed by atoms with van der Waals surface area (Å²) in [7, 11) is -3.39. The molecular weight excluding hydrogens is 242 g/mol. The zero-order valence-corrected chi connectivity index (χ0v) is 10.5. The van der Waals surface area contributed by atoms with Crippen LogP contribution in [0.5, 0.6) is 0 Å². The van der Waals surface area contributed by atoms with Gasteiger partial charge in [-0.1, -0.05) is 30.3 Å². The average Bonchev–Trinajstić information content (AvgIpc) is 2.28. The lowest BCUT2D eigenvalue weighted by Gasteiger charge is -2.10. The molecule has 0 fully saturated rings. The van der Waals surface area contributed by atoms with Crippen LogP contribution < -0.4 is 5.48 Å². The Balaban J connectivity index is 2.40. The minimum absolute atomic E-state index is 0.197. The molecule has 0 spiro atoms. The number of nitrogens with one attached hydrogen (secondary N) is 1. The zero-order valence-electron chi connectivity index (χ0n) is 9.71. The predicted octanol–water partition coefficient (Wildman–Crippen LogP) is 0.667. The first kappa shape index (κ1) is 13.7. The van der Waals surface area contributed by atoms with Crippen LogP contribution in [0.3, 0.4) is 0 Å². The molecule has 1 N–H and O–H groups in total. The first-order chi connectivity index (χ1) is 7.91. The molecule has 1 rings (SSSR count). The number of hydroxylamine groups is 1. The number of carbonyl (C=O) groups is 1. The third-order valence-electron chi connectivity index (χ3n) is 2.27. The number of hydrogen-bond donors (Lipinski definition) is 1. The third-order valence-corrected chi connectivity index (χ3v) is 3.76. The Morgan fingerprint density at radius 3 is 2.47 bits per heavy atom. The minimum atomic E-state index is -3.39. The lowest BCUT2D eigenvalue weighted by molar-refractivity contribution is -0.133. The molecule has 94 valence electrons. The summed E-state index contributed by atoms with van der Waals surface area (Å²) < 4.78 is 22.2. The molecule has 0 aliphatic heterocycles. The summed E-state index contributed by atoms with van der Waals surface area (Å²) in [5.74, 6) is -0.663. The fourth-order valence-corrected chi connectivity index (χ4v) is 1.48. The van der Waals surface area contributed by atoms with Gasteiger partial charge in [0.05, 0.1) is 6.61 Å². The van der Waals surface area contributed by atoms with Crippen LogP contribution in [0.2, 0.25) is 0 Å². The molecule has 0 radical (unpaired) electrons. The molecule has 1 aromatic rings. The average molecular weight is 257 g/mol. The molecule has 0 heterocycles. The quantitative estimate of drug-likeness (QED) is 0.787. The molecule has 1 unspecified atom stereocenters. The van der Waals surface area contributed by atoms with Crippen molar-refractivity contribution < 1.29 is 18.0 Å². The molecule has 5 nitrogen and oxygen atoms in total. The lowest BCUT2D eigenvalue weighted by Crippen LogP contribution is -2.37. The normalized spacial score (nSPS) is 13.1. The molecule has 1 atom stereocenters. The van der Waals surface area contributed by atoms with Gasteiger partial charge in [-0.15, -0.1) is 0 Å². The van der Waals surface area contributed by atoms with Gasteiger partial charge in [-0.2, -0.15) is 0 Å². The van der Waals surface area contributed by atoms with E-state index in [1.807, 2.05) is 30.3 Å². The monoisotopic (exact) mass is 257 g/mol. The van der Waals surface area contributed by atoms with E-state index in [9.17, 15) is 13.2 Å². The number of carbonyl (C=O) groups excluding carboxylic acids is 1. The highest BCUT2D eigenvalue weighted by Gasteiger charge is 2.23. The van der Waals surface area contributed by atoms with E-state index >= 15 is 0 Å². The molecule has 1 aromatic carbocycles. The van der Waals surface area contributed by atoms with E-state index in [0.717, 1.165) is 11.8 Å². The van der Waals surface area contributed by atoms with Crippen LogP contribution in [0.15, 0.2) is 30.3 Å². The SMILES string of the molecule is CC(C(=O)NOCc1ccccc1)S(C)(=O)=O. The Bertz CT molecular complexity index is 470. The Labute approximate surface area is 101 Å². The predicted molar refractivity (Wildman–Crippen MR) is 63.7 cm³/mol. The summed E-state index contributed by atoms with van der Waals surface area (Å²) in [5.41, 5.74) is 3.01. The first-order valence-corrected chi connectivity index (χ1v) is 7.01. The van der Waals surface area contributed by atoms with Crippen molar-refractivity contribution in [3.05, 3.63) is 35.9 Å². The molecular formula is C11H15NO4S. The van der Waals surface area contributed by atoms with Gasteiger partial charge >= 0.3 is 0 Å². The smallest absolute Gasteiger partial charge is 0.261 e. The summed E-state index contributed by atoms with van der Waals surface area (Å²) in [4.78, 5) is 16.3. The Morgan fingerprint density at radius 2 is 1.94 bits per heavy atom. The fourth-order valence-electron chi connectivity index (χ4n) is 1.04. The van der Waals surface area contributed by atoms with Crippen molar-refractivity contribution in [3.8, 4) is 0 Å². The van der Waals surface area contributed by atoms with Crippen LogP contribution in [0, 0.1) is 0 Å². The maximum absolute atomic E-state index is 11.4. The molecule has 0 saturated heterocycles. The second-order valence-electron chi connectivity index (χ2n) is 3.71. The minimum Gasteiger partial charge on any atom is -0.271 e. The van der Waals surface area contributed by atoms with Crippen molar-refractivity contribution in [1.29, 1.82) is 0 Å². The Morgan fingerprint density at radius 1 is 1.35 bits per heavy atom. The number of benzene rings is 1. The van der Waals surface area contributed by atoms with Crippen LogP contribution in [-0.4, -0.2) is 25.8 Å². The molecule has 0 aliphatic carbocycles. The number of rotatable bonds is 5. The van der Waals surface area contributed by atoms with Crippen LogP contribution in [0.4, 0.5) is 0 Å². The topological polar surface area (TPSA) is 72.5 Å². The number of sulfone groups is 1. The second-order valence-corrected chi connectivity index (χ2v) is 6.08. The largest absolute Gasteiger partial charge is 0.271 e. The van der Waals surface area contributed by atoms with Gasteiger partial charge in [0.1, 0.15) is 5.25 Å². The third kappa shape index (κ3) is 4.54. The first-order valence-electron chi connectivity index (χ1n) is 5.05. The van der Waals surface area contributed by atoms with Crippen LogP contribution in [0.25, 0.3) is 0 Å². The summed E-state index contributed by atoms with van der Waals surface area (Å²) in [5, 5.41) is -1.11. The van der Waals surface area contributed by atoms with E-state index in [-0.39, 0.29) is 6.61 Å². The van der Waals surface area contributed by atoms with Crippen molar-refractivity contribution in [2.45, 2.75) is 18.8 Å². The van der Waals surface area contributed by atoms with Gasteiger partial charge in [0, 0.05) is 6.26 Å². The van der Waals surface area contributed by atoms with Gasteiger partial charge in [0.2, 0.25) is 0 Å². The summed E-state index contributed by atoms with van der Waals surface area (Å²) in [6.07, 6.45) is 1.01. The van der Waals surface area contributed by atoms with E-state index in [0.29, 0.717) is 0 Å². The summed E-state index contributed by atoms with van der Waals surface area (Å²) in [6, 6.07) is 9.24. The van der Waals surface area contributed by atoms with Crippen LogP contribution in [0.1, 0.15) is 12.5 Å². The Kier molecular flexibility index (Phi) is 4.65. The van der Waals surface area contributed by atoms with Crippen molar-refractivity contribution in [3.63, 3.8) is 0 Å². The zero-order chi connectivity index (χ0) is 12.9. The van der Waals surface area contributed by atoms with Gasteiger partial charge in [0.15, 0.2) is 9.84 Å². The fraction of sp³-hybridized carbons (Fsp3) is 0.364. The van der Waals surface area contributed by atoms with Gasteiger partial charge in [-0.25, -0.2) is 13.9 Å². The van der Waals surface area contributed by atoms with Crippen molar-refractivity contribution >= 4 is 15.7 Å².